The van der Waals surface area contributed by atoms with Gasteiger partial charge in [0, 0.05) is 25.4 Å². The fourth-order valence-corrected chi connectivity index (χ4v) is 2.75. The lowest BCUT2D eigenvalue weighted by atomic mass is 10.1. The van der Waals surface area contributed by atoms with Gasteiger partial charge in [0.15, 0.2) is 0 Å². The summed E-state index contributed by atoms with van der Waals surface area (Å²) in [6.07, 6.45) is 2.49. The predicted octanol–water partition coefficient (Wildman–Crippen LogP) is 5.62. The summed E-state index contributed by atoms with van der Waals surface area (Å²) in [5, 5.41) is 0. The van der Waals surface area contributed by atoms with Crippen LogP contribution in [-0.2, 0) is 11.0 Å². The van der Waals surface area contributed by atoms with Gasteiger partial charge in [0.1, 0.15) is 5.71 Å². The smallest absolute Gasteiger partial charge is 0.303 e. The van der Waals surface area contributed by atoms with Crippen LogP contribution in [0.4, 0.5) is 24.5 Å². The fraction of sp³-hybridized carbons (Fsp3) is 0.174. The molecule has 1 amide bonds. The Morgan fingerprint density at radius 3 is 2.47 bits per heavy atom. The van der Waals surface area contributed by atoms with Crippen LogP contribution in [0.15, 0.2) is 83.3 Å². The summed E-state index contributed by atoms with van der Waals surface area (Å²) in [7, 11) is 1.71. The molecular weight excluding hydrogens is 391 g/mol. The van der Waals surface area contributed by atoms with E-state index in [2.05, 4.69) is 16.6 Å². The van der Waals surface area contributed by atoms with Crippen LogP contribution in [0, 0.1) is 0 Å². The van der Waals surface area contributed by atoms with Crippen LogP contribution in [-0.4, -0.2) is 31.4 Å². The Kier molecular flexibility index (Phi) is 7.86. The molecule has 0 radical (unpaired) electrons. The number of hydrogen-bond donors (Lipinski definition) is 0. The third-order valence-corrected chi connectivity index (χ3v) is 4.09. The molecule has 1 aliphatic rings. The van der Waals surface area contributed by atoms with Crippen molar-refractivity contribution in [3.8, 4) is 0 Å². The lowest BCUT2D eigenvalue weighted by Crippen LogP contribution is -2.30. The molecule has 4 nitrogen and oxygen atoms in total. The topological polar surface area (TPSA) is 45.0 Å². The highest BCUT2D eigenvalue weighted by atomic mass is 19.4. The molecule has 0 atom stereocenters. The van der Waals surface area contributed by atoms with Gasteiger partial charge in [-0.25, -0.2) is 4.99 Å². The number of alkyl halides is 3. The number of benzene rings is 2. The third-order valence-electron chi connectivity index (χ3n) is 4.09. The van der Waals surface area contributed by atoms with Gasteiger partial charge in [0.25, 0.3) is 5.91 Å². The zero-order valence-electron chi connectivity index (χ0n) is 16.7. The van der Waals surface area contributed by atoms with E-state index in [9.17, 15) is 18.0 Å². The second-order valence-electron chi connectivity index (χ2n) is 6.15. The Morgan fingerprint density at radius 1 is 1.13 bits per heavy atom. The van der Waals surface area contributed by atoms with Gasteiger partial charge in [-0.2, -0.15) is 13.2 Å². The molecule has 1 heterocycles. The van der Waals surface area contributed by atoms with Gasteiger partial charge in [0.2, 0.25) is 0 Å². The van der Waals surface area contributed by atoms with Gasteiger partial charge in [-0.3, -0.25) is 9.79 Å². The lowest BCUT2D eigenvalue weighted by Gasteiger charge is -2.13. The Morgan fingerprint density at radius 2 is 1.87 bits per heavy atom. The van der Waals surface area contributed by atoms with Crippen LogP contribution in [0.1, 0.15) is 18.1 Å². The molecule has 1 aliphatic heterocycles. The van der Waals surface area contributed by atoms with Gasteiger partial charge in [-0.15, -0.1) is 0 Å². The van der Waals surface area contributed by atoms with E-state index < -0.39 is 11.7 Å². The summed E-state index contributed by atoms with van der Waals surface area (Å²) < 4.78 is 38.6. The first-order valence-corrected chi connectivity index (χ1v) is 9.15. The van der Waals surface area contributed by atoms with Crippen molar-refractivity contribution in [1.29, 1.82) is 0 Å². The van der Waals surface area contributed by atoms with Crippen molar-refractivity contribution < 1.29 is 18.0 Å². The fourth-order valence-electron chi connectivity index (χ4n) is 2.75. The number of hydrogen-bond acceptors (Lipinski definition) is 3. The van der Waals surface area contributed by atoms with E-state index in [1.807, 2.05) is 25.1 Å². The number of aliphatic imine (C=N–C) groups is 2. The number of carbonyl (C=O) groups excluding carboxylic acids is 1. The van der Waals surface area contributed by atoms with Gasteiger partial charge < -0.3 is 4.90 Å². The Balaban J connectivity index is 0.000000575. The highest BCUT2D eigenvalue weighted by Crippen LogP contribution is 2.33. The summed E-state index contributed by atoms with van der Waals surface area (Å²) >= 11 is 0. The lowest BCUT2D eigenvalue weighted by molar-refractivity contribution is -0.137. The summed E-state index contributed by atoms with van der Waals surface area (Å²) in [6.45, 7) is 5.64. The maximum Gasteiger partial charge on any atom is 0.416 e. The average Bonchev–Trinajstić information content (AvgIpc) is 2.98. The SMILES string of the molecule is C/C=C/CN1C(=O)C(=Nc2cccc(C(F)(F)F)c2)c2ccccc21.C=CC=NC. The van der Waals surface area contributed by atoms with Gasteiger partial charge in [0.05, 0.1) is 16.9 Å². The molecule has 0 unspecified atom stereocenters. The number of allylic oxidation sites excluding steroid dienone is 2. The first-order valence-electron chi connectivity index (χ1n) is 9.15. The quantitative estimate of drug-likeness (QED) is 0.474. The van der Waals surface area contributed by atoms with E-state index in [0.717, 1.165) is 12.1 Å². The Bertz CT molecular complexity index is 991. The van der Waals surface area contributed by atoms with Crippen molar-refractivity contribution in [3.05, 3.63) is 84.5 Å². The molecule has 0 bridgehead atoms. The van der Waals surface area contributed by atoms with E-state index >= 15 is 0 Å². The van der Waals surface area contributed by atoms with E-state index in [1.165, 1.54) is 12.1 Å². The standard InChI is InChI=1S/C19H15F3N2O.C4H7N/c1-2-3-11-24-16-10-5-4-9-15(16)17(18(24)25)23-14-8-6-7-13(12-14)19(20,21)22;1-3-4-5-2/h2-10,12H,11H2,1H3;3-4H,1H2,2H3/b3-2+,23-17?;. The second-order valence-corrected chi connectivity index (χ2v) is 6.15. The third kappa shape index (κ3) is 5.53. The molecule has 0 saturated carbocycles. The number of rotatable bonds is 4. The molecule has 2 aromatic carbocycles. The van der Waals surface area contributed by atoms with Gasteiger partial charge >= 0.3 is 6.18 Å². The van der Waals surface area contributed by atoms with Crippen molar-refractivity contribution in [2.45, 2.75) is 13.1 Å². The van der Waals surface area contributed by atoms with Crippen molar-refractivity contribution in [3.63, 3.8) is 0 Å². The molecule has 0 aromatic heterocycles. The van der Waals surface area contributed by atoms with Crippen LogP contribution in [0.3, 0.4) is 0 Å². The largest absolute Gasteiger partial charge is 0.416 e. The number of fused-ring (bicyclic) bond motifs is 1. The Hall–Kier alpha value is -3.48. The van der Waals surface area contributed by atoms with Crippen molar-refractivity contribution >= 4 is 29.2 Å². The number of carbonyl (C=O) groups is 1. The van der Waals surface area contributed by atoms with Crippen LogP contribution in [0.25, 0.3) is 0 Å². The number of nitrogens with zero attached hydrogens (tertiary/aromatic N) is 3. The van der Waals surface area contributed by atoms with Crippen LogP contribution >= 0.6 is 0 Å². The average molecular weight is 413 g/mol. The minimum absolute atomic E-state index is 0.0980. The number of halogens is 3. The van der Waals surface area contributed by atoms with E-state index in [0.29, 0.717) is 17.8 Å². The number of para-hydroxylation sites is 1. The molecule has 0 saturated heterocycles. The molecule has 0 aliphatic carbocycles. The molecule has 30 heavy (non-hydrogen) atoms. The van der Waals surface area contributed by atoms with Crippen LogP contribution in [0.2, 0.25) is 0 Å². The summed E-state index contributed by atoms with van der Waals surface area (Å²) in [5.41, 5.74) is 0.782. The van der Waals surface area contributed by atoms with Crippen molar-refractivity contribution in [1.82, 2.24) is 0 Å². The van der Waals surface area contributed by atoms with Gasteiger partial charge in [-0.1, -0.05) is 49.1 Å². The molecule has 2 aromatic rings. The zero-order chi connectivity index (χ0) is 22.1. The minimum Gasteiger partial charge on any atom is -0.303 e. The number of amides is 1. The number of anilines is 1. The molecule has 156 valence electrons. The van der Waals surface area contributed by atoms with Crippen molar-refractivity contribution in [2.24, 2.45) is 9.98 Å². The van der Waals surface area contributed by atoms with E-state index in [1.54, 1.807) is 42.4 Å². The highest BCUT2D eigenvalue weighted by Gasteiger charge is 2.33. The van der Waals surface area contributed by atoms with E-state index in [4.69, 9.17) is 0 Å². The second kappa shape index (κ2) is 10.3. The molecule has 0 spiro atoms. The maximum atomic E-state index is 12.9. The van der Waals surface area contributed by atoms with Crippen LogP contribution in [0.5, 0.6) is 0 Å². The highest BCUT2D eigenvalue weighted by molar-refractivity contribution is 6.54. The predicted molar refractivity (Wildman–Crippen MR) is 116 cm³/mol. The first kappa shape index (κ1) is 22.8. The molecule has 7 heteroatoms. The minimum atomic E-state index is -4.45. The normalized spacial score (nSPS) is 14.9. The van der Waals surface area contributed by atoms with Gasteiger partial charge in [-0.05, 0) is 31.2 Å². The van der Waals surface area contributed by atoms with E-state index in [-0.39, 0.29) is 17.3 Å². The molecule has 0 fully saturated rings. The maximum absolute atomic E-state index is 12.9. The van der Waals surface area contributed by atoms with Crippen LogP contribution < -0.4 is 4.90 Å². The summed E-state index contributed by atoms with van der Waals surface area (Å²) in [4.78, 5) is 22.1. The zero-order valence-corrected chi connectivity index (χ0v) is 16.7. The monoisotopic (exact) mass is 413 g/mol. The molecule has 0 N–H and O–H groups in total. The molecule has 3 rings (SSSR count). The van der Waals surface area contributed by atoms with Crippen molar-refractivity contribution in [2.75, 3.05) is 18.5 Å². The first-order chi connectivity index (χ1) is 14.3. The molecular formula is C23H22F3N3O. The Labute approximate surface area is 173 Å². The summed E-state index contributed by atoms with van der Waals surface area (Å²) in [5.74, 6) is -0.322. The summed E-state index contributed by atoms with van der Waals surface area (Å²) in [6, 6.07) is 11.8.